The molecule has 1 atom stereocenters. The van der Waals surface area contributed by atoms with Crippen molar-refractivity contribution in [1.29, 1.82) is 0 Å². The van der Waals surface area contributed by atoms with Crippen molar-refractivity contribution in [2.45, 2.75) is 31.7 Å². The molecule has 8 heteroatoms. The average molecular weight is 327 g/mol. The summed E-state index contributed by atoms with van der Waals surface area (Å²) in [4.78, 5) is 16.1. The Labute approximate surface area is 134 Å². The highest BCUT2D eigenvalue weighted by Gasteiger charge is 2.31. The zero-order valence-electron chi connectivity index (χ0n) is 12.0. The fourth-order valence-corrected chi connectivity index (χ4v) is 2.23. The Bertz CT molecular complexity index is 595. The number of nitrogens with zero attached hydrogens (tertiary/aromatic N) is 2. The number of aryl methyl sites for hydroxylation is 1. The lowest BCUT2D eigenvalue weighted by Gasteiger charge is -2.15. The fraction of sp³-hybridized carbons (Fsp3) is 0.500. The van der Waals surface area contributed by atoms with Crippen molar-refractivity contribution in [3.05, 3.63) is 24.5 Å². The smallest absolute Gasteiger partial charge is 0.227 e. The van der Waals surface area contributed by atoms with Crippen LogP contribution in [-0.4, -0.2) is 28.6 Å². The van der Waals surface area contributed by atoms with Gasteiger partial charge in [-0.25, -0.2) is 0 Å². The number of hydrogen-bond acceptors (Lipinski definition) is 6. The molecule has 1 fully saturated rings. The van der Waals surface area contributed by atoms with E-state index in [-0.39, 0.29) is 24.4 Å². The van der Waals surface area contributed by atoms with Crippen molar-refractivity contribution in [2.75, 3.05) is 6.54 Å². The largest absolute Gasteiger partial charge is 0.472 e. The molecule has 0 saturated heterocycles. The highest BCUT2D eigenvalue weighted by atomic mass is 35.5. The Morgan fingerprint density at radius 1 is 1.50 bits per heavy atom. The van der Waals surface area contributed by atoms with Gasteiger partial charge in [0.1, 0.15) is 6.26 Å². The predicted molar refractivity (Wildman–Crippen MR) is 81.3 cm³/mol. The van der Waals surface area contributed by atoms with Gasteiger partial charge in [0.25, 0.3) is 0 Å². The number of nitrogens with one attached hydrogen (secondary N) is 1. The maximum Gasteiger partial charge on any atom is 0.227 e. The van der Waals surface area contributed by atoms with Gasteiger partial charge in [-0.3, -0.25) is 4.79 Å². The second-order valence-corrected chi connectivity index (χ2v) is 5.27. The van der Waals surface area contributed by atoms with Gasteiger partial charge in [0.05, 0.1) is 11.8 Å². The Balaban J connectivity index is 0.00000176. The van der Waals surface area contributed by atoms with Crippen molar-refractivity contribution in [3.63, 3.8) is 0 Å². The minimum absolute atomic E-state index is 0. The maximum atomic E-state index is 11.9. The summed E-state index contributed by atoms with van der Waals surface area (Å²) in [5, 5.41) is 6.82. The van der Waals surface area contributed by atoms with Gasteiger partial charge >= 0.3 is 0 Å². The zero-order chi connectivity index (χ0) is 14.7. The number of hydrogen-bond donors (Lipinski definition) is 2. The molecule has 3 N–H and O–H groups in total. The molecular formula is C14H19ClN4O3. The van der Waals surface area contributed by atoms with Gasteiger partial charge < -0.3 is 20.0 Å². The Kier molecular flexibility index (Phi) is 5.57. The highest BCUT2D eigenvalue weighted by Crippen LogP contribution is 2.32. The van der Waals surface area contributed by atoms with E-state index in [1.54, 1.807) is 18.6 Å². The van der Waals surface area contributed by atoms with Crippen LogP contribution in [0.3, 0.4) is 0 Å². The molecule has 0 radical (unpaired) electrons. The normalized spacial score (nSPS) is 15.1. The van der Waals surface area contributed by atoms with E-state index < -0.39 is 0 Å². The summed E-state index contributed by atoms with van der Waals surface area (Å²) in [6.45, 7) is 0.488. The van der Waals surface area contributed by atoms with E-state index in [1.807, 2.05) is 0 Å². The standard InChI is InChI=1S/C14H18N4O3.ClH/c15-7-11(9-1-2-9)16-12(19)3-4-13-17-14(18-21-13)10-5-6-20-8-10;/h5-6,8-9,11H,1-4,7,15H2,(H,16,19);1H. The first kappa shape index (κ1) is 16.5. The van der Waals surface area contributed by atoms with Crippen molar-refractivity contribution in [3.8, 4) is 11.4 Å². The first-order chi connectivity index (χ1) is 10.3. The molecule has 1 aliphatic carbocycles. The molecule has 0 aromatic carbocycles. The Morgan fingerprint density at radius 2 is 2.32 bits per heavy atom. The van der Waals surface area contributed by atoms with E-state index in [0.29, 0.717) is 37.0 Å². The minimum atomic E-state index is -0.0274. The van der Waals surface area contributed by atoms with Crippen LogP contribution in [0.15, 0.2) is 27.5 Å². The number of carbonyl (C=O) groups excluding carboxylic acids is 1. The molecule has 3 rings (SSSR count). The molecule has 1 unspecified atom stereocenters. The lowest BCUT2D eigenvalue weighted by atomic mass is 10.1. The van der Waals surface area contributed by atoms with Crippen LogP contribution in [0.25, 0.3) is 11.4 Å². The second-order valence-electron chi connectivity index (χ2n) is 5.27. The first-order valence-electron chi connectivity index (χ1n) is 7.11. The van der Waals surface area contributed by atoms with Crippen molar-refractivity contribution in [2.24, 2.45) is 11.7 Å². The van der Waals surface area contributed by atoms with E-state index in [9.17, 15) is 4.79 Å². The van der Waals surface area contributed by atoms with Crippen molar-refractivity contribution in [1.82, 2.24) is 15.5 Å². The molecule has 1 aliphatic rings. The SMILES string of the molecule is Cl.NCC(NC(=O)CCc1nc(-c2ccoc2)no1)C1CC1. The number of rotatable bonds is 7. The van der Waals surface area contributed by atoms with Gasteiger partial charge in [-0.2, -0.15) is 4.98 Å². The number of carbonyl (C=O) groups is 1. The van der Waals surface area contributed by atoms with Crippen LogP contribution in [0.2, 0.25) is 0 Å². The first-order valence-corrected chi connectivity index (χ1v) is 7.11. The summed E-state index contributed by atoms with van der Waals surface area (Å²) >= 11 is 0. The minimum Gasteiger partial charge on any atom is -0.472 e. The Morgan fingerprint density at radius 3 is 2.95 bits per heavy atom. The van der Waals surface area contributed by atoms with E-state index in [2.05, 4.69) is 15.5 Å². The molecule has 2 aromatic rings. The zero-order valence-corrected chi connectivity index (χ0v) is 12.8. The second kappa shape index (κ2) is 7.42. The van der Waals surface area contributed by atoms with E-state index in [4.69, 9.17) is 14.7 Å². The monoisotopic (exact) mass is 326 g/mol. The quantitative estimate of drug-likeness (QED) is 0.799. The average Bonchev–Trinajstić information content (AvgIpc) is 3.01. The van der Waals surface area contributed by atoms with Crippen LogP contribution < -0.4 is 11.1 Å². The van der Waals surface area contributed by atoms with Crippen LogP contribution in [0.4, 0.5) is 0 Å². The highest BCUT2D eigenvalue weighted by molar-refractivity contribution is 5.85. The molecule has 2 heterocycles. The van der Waals surface area contributed by atoms with Gasteiger partial charge in [-0.05, 0) is 24.8 Å². The van der Waals surface area contributed by atoms with Gasteiger partial charge in [-0.1, -0.05) is 5.16 Å². The molecule has 0 aliphatic heterocycles. The molecule has 1 saturated carbocycles. The lowest BCUT2D eigenvalue weighted by Crippen LogP contribution is -2.41. The van der Waals surface area contributed by atoms with Gasteiger partial charge in [0.2, 0.25) is 17.6 Å². The predicted octanol–water partition coefficient (Wildman–Crippen LogP) is 1.54. The summed E-state index contributed by atoms with van der Waals surface area (Å²) in [5.74, 6) is 1.43. The van der Waals surface area contributed by atoms with Crippen LogP contribution in [0.1, 0.15) is 25.2 Å². The molecule has 22 heavy (non-hydrogen) atoms. The van der Waals surface area contributed by atoms with Gasteiger partial charge in [0.15, 0.2) is 0 Å². The molecule has 0 bridgehead atoms. The summed E-state index contributed by atoms with van der Waals surface area (Å²) in [7, 11) is 0. The number of halogens is 1. The number of aromatic nitrogens is 2. The third-order valence-corrected chi connectivity index (χ3v) is 3.60. The fourth-order valence-electron chi connectivity index (χ4n) is 2.23. The lowest BCUT2D eigenvalue weighted by molar-refractivity contribution is -0.121. The van der Waals surface area contributed by atoms with Crippen LogP contribution in [0.5, 0.6) is 0 Å². The number of amides is 1. The number of furan rings is 1. The molecular weight excluding hydrogens is 308 g/mol. The summed E-state index contributed by atoms with van der Waals surface area (Å²) in [6, 6.07) is 1.85. The van der Waals surface area contributed by atoms with Crippen LogP contribution in [0, 0.1) is 5.92 Å². The molecule has 0 spiro atoms. The van der Waals surface area contributed by atoms with E-state index in [0.717, 1.165) is 18.4 Å². The molecule has 7 nitrogen and oxygen atoms in total. The van der Waals surface area contributed by atoms with Crippen LogP contribution >= 0.6 is 12.4 Å². The van der Waals surface area contributed by atoms with E-state index >= 15 is 0 Å². The summed E-state index contributed by atoms with van der Waals surface area (Å²) in [5.41, 5.74) is 6.42. The molecule has 2 aromatic heterocycles. The third-order valence-electron chi connectivity index (χ3n) is 3.60. The number of nitrogens with two attached hydrogens (primary N) is 1. The van der Waals surface area contributed by atoms with Gasteiger partial charge in [0, 0.05) is 25.4 Å². The van der Waals surface area contributed by atoms with Crippen molar-refractivity contribution >= 4 is 18.3 Å². The summed E-state index contributed by atoms with van der Waals surface area (Å²) in [6.07, 6.45) is 6.13. The summed E-state index contributed by atoms with van der Waals surface area (Å²) < 4.78 is 10.1. The maximum absolute atomic E-state index is 11.9. The van der Waals surface area contributed by atoms with Crippen molar-refractivity contribution < 1.29 is 13.7 Å². The van der Waals surface area contributed by atoms with Crippen LogP contribution in [-0.2, 0) is 11.2 Å². The topological polar surface area (TPSA) is 107 Å². The van der Waals surface area contributed by atoms with Gasteiger partial charge in [-0.15, -0.1) is 12.4 Å². The molecule has 120 valence electrons. The Hall–Kier alpha value is -1.86. The van der Waals surface area contributed by atoms with E-state index in [1.165, 1.54) is 0 Å². The molecule has 1 amide bonds. The third kappa shape index (κ3) is 4.08.